The van der Waals surface area contributed by atoms with E-state index in [0.29, 0.717) is 9.90 Å². The van der Waals surface area contributed by atoms with E-state index in [-0.39, 0.29) is 11.3 Å². The normalized spacial score (nSPS) is 10.4. The summed E-state index contributed by atoms with van der Waals surface area (Å²) in [5.41, 5.74) is 0.918. The number of aryl methyl sites for hydroxylation is 1. The van der Waals surface area contributed by atoms with Crippen LogP contribution in [0.1, 0.15) is 20.8 Å². The van der Waals surface area contributed by atoms with Gasteiger partial charge in [0.05, 0.1) is 15.5 Å². The Morgan fingerprint density at radius 1 is 1.38 bits per heavy atom. The molecular formula is C12H8ClFOS. The molecule has 82 valence electrons. The molecule has 0 bridgehead atoms. The Hall–Kier alpha value is -1.19. The average molecular weight is 255 g/mol. The van der Waals surface area contributed by atoms with E-state index in [2.05, 4.69) is 0 Å². The highest BCUT2D eigenvalue weighted by molar-refractivity contribution is 7.13. The molecule has 1 heterocycles. The number of hydrogen-bond acceptors (Lipinski definition) is 2. The van der Waals surface area contributed by atoms with Gasteiger partial charge in [0.1, 0.15) is 5.82 Å². The second kappa shape index (κ2) is 4.36. The highest BCUT2D eigenvalue weighted by Gasteiger charge is 2.17. The molecule has 0 radical (unpaired) electrons. The molecule has 0 N–H and O–H groups in total. The predicted molar refractivity (Wildman–Crippen MR) is 63.9 cm³/mol. The second-order valence-corrected chi connectivity index (χ2v) is 4.73. The standard InChI is InChI=1S/C12H8ClFOS/c1-7-2-3-10(14)8(6-7)11(15)12-9(13)4-5-16-12/h2-6H,1H3. The largest absolute Gasteiger partial charge is 0.288 e. The van der Waals surface area contributed by atoms with E-state index in [1.807, 2.05) is 6.92 Å². The number of carbonyl (C=O) groups is 1. The summed E-state index contributed by atoms with van der Waals surface area (Å²) in [7, 11) is 0. The summed E-state index contributed by atoms with van der Waals surface area (Å²) in [5, 5.41) is 2.08. The molecule has 0 spiro atoms. The van der Waals surface area contributed by atoms with Crippen molar-refractivity contribution in [3.8, 4) is 0 Å². The molecule has 0 atom stereocenters. The van der Waals surface area contributed by atoms with Gasteiger partial charge in [-0.05, 0) is 30.5 Å². The molecule has 0 aliphatic carbocycles. The van der Waals surface area contributed by atoms with Gasteiger partial charge in [0.2, 0.25) is 5.78 Å². The molecule has 1 aromatic carbocycles. The third-order valence-corrected chi connectivity index (χ3v) is 3.53. The smallest absolute Gasteiger partial charge is 0.207 e. The molecule has 1 nitrogen and oxygen atoms in total. The van der Waals surface area contributed by atoms with Gasteiger partial charge in [0, 0.05) is 0 Å². The van der Waals surface area contributed by atoms with Gasteiger partial charge in [-0.3, -0.25) is 4.79 Å². The highest BCUT2D eigenvalue weighted by Crippen LogP contribution is 2.26. The molecule has 2 aromatic rings. The predicted octanol–water partition coefficient (Wildman–Crippen LogP) is 4.08. The summed E-state index contributed by atoms with van der Waals surface area (Å²) in [6.45, 7) is 1.81. The molecule has 0 aliphatic rings. The number of halogens is 2. The van der Waals surface area contributed by atoms with E-state index >= 15 is 0 Å². The molecule has 0 aliphatic heterocycles. The van der Waals surface area contributed by atoms with Gasteiger partial charge in [-0.1, -0.05) is 23.2 Å². The van der Waals surface area contributed by atoms with Crippen molar-refractivity contribution in [2.24, 2.45) is 0 Å². The monoisotopic (exact) mass is 254 g/mol. The summed E-state index contributed by atoms with van der Waals surface area (Å²) in [4.78, 5) is 12.4. The fourth-order valence-electron chi connectivity index (χ4n) is 1.39. The number of thiophene rings is 1. The lowest BCUT2D eigenvalue weighted by Crippen LogP contribution is -2.03. The molecule has 2 rings (SSSR count). The Morgan fingerprint density at radius 2 is 2.12 bits per heavy atom. The van der Waals surface area contributed by atoms with Crippen molar-refractivity contribution in [1.29, 1.82) is 0 Å². The van der Waals surface area contributed by atoms with Crippen LogP contribution in [0.2, 0.25) is 5.02 Å². The number of benzene rings is 1. The van der Waals surface area contributed by atoms with E-state index in [4.69, 9.17) is 11.6 Å². The van der Waals surface area contributed by atoms with Crippen molar-refractivity contribution >= 4 is 28.7 Å². The molecular weight excluding hydrogens is 247 g/mol. The zero-order valence-corrected chi connectivity index (χ0v) is 10.0. The minimum absolute atomic E-state index is 0.0735. The van der Waals surface area contributed by atoms with Crippen LogP contribution in [0.25, 0.3) is 0 Å². The first kappa shape index (κ1) is 11.3. The first-order valence-corrected chi connectivity index (χ1v) is 5.89. The first-order chi connectivity index (χ1) is 7.59. The molecule has 0 fully saturated rings. The summed E-state index contributed by atoms with van der Waals surface area (Å²) in [5.74, 6) is -0.874. The van der Waals surface area contributed by atoms with Crippen molar-refractivity contribution in [2.75, 3.05) is 0 Å². The van der Waals surface area contributed by atoms with Crippen LogP contribution >= 0.6 is 22.9 Å². The third kappa shape index (κ3) is 2.01. The third-order valence-electron chi connectivity index (χ3n) is 2.19. The first-order valence-electron chi connectivity index (χ1n) is 4.63. The van der Waals surface area contributed by atoms with Gasteiger partial charge in [0.25, 0.3) is 0 Å². The summed E-state index contributed by atoms with van der Waals surface area (Å²) in [6, 6.07) is 6.09. The molecule has 16 heavy (non-hydrogen) atoms. The average Bonchev–Trinajstić information content (AvgIpc) is 2.67. The zero-order chi connectivity index (χ0) is 11.7. The van der Waals surface area contributed by atoms with Gasteiger partial charge in [0.15, 0.2) is 0 Å². The number of ketones is 1. The Labute approximate surface area is 101 Å². The van der Waals surface area contributed by atoms with Crippen LogP contribution in [0, 0.1) is 12.7 Å². The minimum atomic E-state index is -0.514. The van der Waals surface area contributed by atoms with Gasteiger partial charge < -0.3 is 0 Å². The fourth-order valence-corrected chi connectivity index (χ4v) is 2.49. The molecule has 0 saturated heterocycles. The maximum Gasteiger partial charge on any atom is 0.207 e. The lowest BCUT2D eigenvalue weighted by Gasteiger charge is -2.02. The number of rotatable bonds is 2. The quantitative estimate of drug-likeness (QED) is 0.738. The lowest BCUT2D eigenvalue weighted by atomic mass is 10.1. The summed E-state index contributed by atoms with van der Waals surface area (Å²) >= 11 is 7.06. The number of carbonyl (C=O) groups excluding carboxylic acids is 1. The van der Waals surface area contributed by atoms with Crippen LogP contribution in [0.4, 0.5) is 4.39 Å². The van der Waals surface area contributed by atoms with Gasteiger partial charge >= 0.3 is 0 Å². The Bertz CT molecular complexity index is 548. The lowest BCUT2D eigenvalue weighted by molar-refractivity contribution is 0.103. The molecule has 1 aromatic heterocycles. The van der Waals surface area contributed by atoms with Crippen LogP contribution in [-0.4, -0.2) is 5.78 Å². The molecule has 0 unspecified atom stereocenters. The van der Waals surface area contributed by atoms with Crippen molar-refractivity contribution in [3.05, 3.63) is 56.5 Å². The van der Waals surface area contributed by atoms with Crippen LogP contribution in [0.15, 0.2) is 29.6 Å². The van der Waals surface area contributed by atoms with Crippen molar-refractivity contribution in [3.63, 3.8) is 0 Å². The SMILES string of the molecule is Cc1ccc(F)c(C(=O)c2sccc2Cl)c1. The number of hydrogen-bond donors (Lipinski definition) is 0. The van der Waals surface area contributed by atoms with E-state index in [9.17, 15) is 9.18 Å². The Morgan fingerprint density at radius 3 is 2.75 bits per heavy atom. The van der Waals surface area contributed by atoms with Crippen LogP contribution < -0.4 is 0 Å². The van der Waals surface area contributed by atoms with E-state index < -0.39 is 5.82 Å². The maximum atomic E-state index is 13.5. The fraction of sp³-hybridized carbons (Fsp3) is 0.0833. The topological polar surface area (TPSA) is 17.1 Å². The van der Waals surface area contributed by atoms with E-state index in [0.717, 1.165) is 5.56 Å². The minimum Gasteiger partial charge on any atom is -0.288 e. The van der Waals surface area contributed by atoms with Gasteiger partial charge in [-0.15, -0.1) is 11.3 Å². The summed E-state index contributed by atoms with van der Waals surface area (Å²) in [6.07, 6.45) is 0. The summed E-state index contributed by atoms with van der Waals surface area (Å²) < 4.78 is 13.5. The van der Waals surface area contributed by atoms with Gasteiger partial charge in [-0.2, -0.15) is 0 Å². The van der Waals surface area contributed by atoms with Crippen molar-refractivity contribution < 1.29 is 9.18 Å². The van der Waals surface area contributed by atoms with E-state index in [1.54, 1.807) is 17.5 Å². The van der Waals surface area contributed by atoms with Crippen LogP contribution in [-0.2, 0) is 0 Å². The Balaban J connectivity index is 2.49. The molecule has 0 saturated carbocycles. The van der Waals surface area contributed by atoms with Crippen LogP contribution in [0.5, 0.6) is 0 Å². The zero-order valence-electron chi connectivity index (χ0n) is 8.46. The molecule has 0 amide bonds. The maximum absolute atomic E-state index is 13.5. The van der Waals surface area contributed by atoms with Crippen molar-refractivity contribution in [2.45, 2.75) is 6.92 Å². The van der Waals surface area contributed by atoms with Crippen LogP contribution in [0.3, 0.4) is 0 Å². The van der Waals surface area contributed by atoms with Crippen molar-refractivity contribution in [1.82, 2.24) is 0 Å². The second-order valence-electron chi connectivity index (χ2n) is 3.41. The highest BCUT2D eigenvalue weighted by atomic mass is 35.5. The Kier molecular flexibility index (Phi) is 3.08. The van der Waals surface area contributed by atoms with E-state index in [1.165, 1.54) is 23.5 Å². The molecule has 4 heteroatoms. The van der Waals surface area contributed by atoms with Gasteiger partial charge in [-0.25, -0.2) is 4.39 Å².